The Hall–Kier alpha value is -1.69. The third kappa shape index (κ3) is 4.16. The van der Waals surface area contributed by atoms with Gasteiger partial charge in [0.15, 0.2) is 0 Å². The molecule has 2 aromatic rings. The van der Waals surface area contributed by atoms with Crippen LogP contribution < -0.4 is 0 Å². The Balaban J connectivity index is 2.18. The predicted octanol–water partition coefficient (Wildman–Crippen LogP) is 3.91. The van der Waals surface area contributed by atoms with Gasteiger partial charge in [0.1, 0.15) is 5.82 Å². The van der Waals surface area contributed by atoms with Crippen molar-refractivity contribution < 1.29 is 12.8 Å². The molecule has 6 heteroatoms. The predicted molar refractivity (Wildman–Crippen MR) is 87.3 cm³/mol. The van der Waals surface area contributed by atoms with Crippen molar-refractivity contribution in [2.24, 2.45) is 0 Å². The van der Waals surface area contributed by atoms with Crippen LogP contribution in [0, 0.1) is 5.82 Å². The van der Waals surface area contributed by atoms with E-state index in [2.05, 4.69) is 0 Å². The van der Waals surface area contributed by atoms with Crippen molar-refractivity contribution in [1.29, 1.82) is 0 Å². The first-order valence-corrected chi connectivity index (χ1v) is 8.40. The summed E-state index contributed by atoms with van der Waals surface area (Å²) >= 11 is 5.92. The summed E-state index contributed by atoms with van der Waals surface area (Å²) in [7, 11) is -2.28. The van der Waals surface area contributed by atoms with E-state index in [1.807, 2.05) is 18.2 Å². The second-order valence-electron chi connectivity index (χ2n) is 4.71. The Labute approximate surface area is 134 Å². The van der Waals surface area contributed by atoms with Crippen LogP contribution in [0.5, 0.6) is 0 Å². The highest BCUT2D eigenvalue weighted by molar-refractivity contribution is 7.92. The maximum absolute atomic E-state index is 13.7. The van der Waals surface area contributed by atoms with Gasteiger partial charge < -0.3 is 0 Å². The van der Waals surface area contributed by atoms with E-state index in [1.165, 1.54) is 31.3 Å². The molecule has 0 spiro atoms. The van der Waals surface area contributed by atoms with E-state index in [0.717, 1.165) is 15.3 Å². The Kier molecular flexibility index (Phi) is 5.34. The molecule has 0 atom stereocenters. The topological polar surface area (TPSA) is 37.4 Å². The van der Waals surface area contributed by atoms with Crippen molar-refractivity contribution in [3.05, 3.63) is 75.9 Å². The first-order valence-electron chi connectivity index (χ1n) is 6.52. The number of sulfonamides is 1. The first-order chi connectivity index (χ1) is 10.4. The molecule has 0 N–H and O–H groups in total. The lowest BCUT2D eigenvalue weighted by Gasteiger charge is -2.16. The maximum atomic E-state index is 13.7. The normalized spacial score (nSPS) is 12.2. The van der Waals surface area contributed by atoms with Crippen LogP contribution in [0.3, 0.4) is 0 Å². The van der Waals surface area contributed by atoms with Crippen LogP contribution >= 0.6 is 11.6 Å². The minimum Gasteiger partial charge on any atom is -0.208 e. The fraction of sp³-hybridized carbons (Fsp3) is 0.125. The van der Waals surface area contributed by atoms with Gasteiger partial charge in [-0.25, -0.2) is 12.8 Å². The molecule has 0 amide bonds. The van der Waals surface area contributed by atoms with E-state index in [0.29, 0.717) is 0 Å². The minimum atomic E-state index is -3.66. The molecule has 0 fully saturated rings. The molecule has 0 aromatic heterocycles. The molecule has 3 nitrogen and oxygen atoms in total. The van der Waals surface area contributed by atoms with E-state index in [4.69, 9.17) is 11.6 Å². The number of rotatable bonds is 5. The van der Waals surface area contributed by atoms with Gasteiger partial charge in [-0.1, -0.05) is 48.0 Å². The minimum absolute atomic E-state index is 0.132. The molecule has 22 heavy (non-hydrogen) atoms. The molecule has 0 heterocycles. The monoisotopic (exact) mass is 339 g/mol. The van der Waals surface area contributed by atoms with Crippen molar-refractivity contribution in [3.8, 4) is 0 Å². The van der Waals surface area contributed by atoms with Crippen molar-refractivity contribution in [2.45, 2.75) is 6.54 Å². The van der Waals surface area contributed by atoms with E-state index >= 15 is 0 Å². The van der Waals surface area contributed by atoms with Gasteiger partial charge in [0.05, 0.1) is 0 Å². The van der Waals surface area contributed by atoms with Crippen molar-refractivity contribution in [1.82, 2.24) is 4.31 Å². The quantitative estimate of drug-likeness (QED) is 0.828. The van der Waals surface area contributed by atoms with E-state index < -0.39 is 15.8 Å². The van der Waals surface area contributed by atoms with Gasteiger partial charge in [-0.05, 0) is 23.8 Å². The summed E-state index contributed by atoms with van der Waals surface area (Å²) in [6, 6.07) is 13.3. The van der Waals surface area contributed by atoms with Gasteiger partial charge >= 0.3 is 0 Å². The van der Waals surface area contributed by atoms with Crippen molar-refractivity contribution in [2.75, 3.05) is 7.05 Å². The summed E-state index contributed by atoms with van der Waals surface area (Å²) in [5.74, 6) is -0.526. The van der Waals surface area contributed by atoms with Crippen LogP contribution in [0.25, 0.3) is 6.08 Å². The van der Waals surface area contributed by atoms with Gasteiger partial charge in [0.25, 0.3) is 0 Å². The second-order valence-corrected chi connectivity index (χ2v) is 7.05. The molecule has 0 radical (unpaired) electrons. The van der Waals surface area contributed by atoms with Crippen LogP contribution in [-0.4, -0.2) is 19.8 Å². The van der Waals surface area contributed by atoms with Gasteiger partial charge in [-0.15, -0.1) is 0 Å². The van der Waals surface area contributed by atoms with Crippen molar-refractivity contribution in [3.63, 3.8) is 0 Å². The Bertz CT molecular complexity index is 756. The molecule has 0 aliphatic carbocycles. The van der Waals surface area contributed by atoms with Crippen LogP contribution in [0.4, 0.5) is 4.39 Å². The first kappa shape index (κ1) is 16.7. The summed E-state index contributed by atoms with van der Waals surface area (Å²) in [5, 5.41) is 1.30. The van der Waals surface area contributed by atoms with Gasteiger partial charge in [0.2, 0.25) is 10.0 Å². The van der Waals surface area contributed by atoms with Gasteiger partial charge in [-0.3, -0.25) is 0 Å². The number of hydrogen-bond acceptors (Lipinski definition) is 2. The maximum Gasteiger partial charge on any atom is 0.236 e. The molecule has 0 aliphatic heterocycles. The lowest BCUT2D eigenvalue weighted by Crippen LogP contribution is -2.25. The summed E-state index contributed by atoms with van der Waals surface area (Å²) in [4.78, 5) is 0. The Morgan fingerprint density at radius 2 is 1.82 bits per heavy atom. The fourth-order valence-electron chi connectivity index (χ4n) is 1.83. The van der Waals surface area contributed by atoms with Crippen molar-refractivity contribution >= 4 is 27.7 Å². The smallest absolute Gasteiger partial charge is 0.208 e. The summed E-state index contributed by atoms with van der Waals surface area (Å²) in [6.45, 7) is -0.132. The zero-order valence-corrected chi connectivity index (χ0v) is 13.5. The number of halogens is 2. The molecule has 0 bridgehead atoms. The Morgan fingerprint density at radius 1 is 1.14 bits per heavy atom. The summed E-state index contributed by atoms with van der Waals surface area (Å²) < 4.78 is 39.2. The molecule has 2 rings (SSSR count). The average molecular weight is 340 g/mol. The third-order valence-corrected chi connectivity index (χ3v) is 4.94. The van der Waals surface area contributed by atoms with Gasteiger partial charge in [0, 0.05) is 29.6 Å². The zero-order chi connectivity index (χ0) is 16.2. The van der Waals surface area contributed by atoms with E-state index in [9.17, 15) is 12.8 Å². The highest BCUT2D eigenvalue weighted by Gasteiger charge is 2.18. The average Bonchev–Trinajstić information content (AvgIpc) is 2.50. The van der Waals surface area contributed by atoms with Crippen LogP contribution in [0.1, 0.15) is 11.1 Å². The van der Waals surface area contributed by atoms with Crippen LogP contribution in [-0.2, 0) is 16.6 Å². The molecule has 0 aliphatic rings. The number of hydrogen-bond donors (Lipinski definition) is 0. The van der Waals surface area contributed by atoms with Crippen LogP contribution in [0.15, 0.2) is 53.9 Å². The largest absolute Gasteiger partial charge is 0.236 e. The molecular formula is C16H15ClFNO2S. The van der Waals surface area contributed by atoms with E-state index in [1.54, 1.807) is 12.1 Å². The highest BCUT2D eigenvalue weighted by Crippen LogP contribution is 2.21. The molecule has 2 aromatic carbocycles. The lowest BCUT2D eigenvalue weighted by molar-refractivity contribution is 0.464. The summed E-state index contributed by atoms with van der Waals surface area (Å²) in [6.07, 6.45) is 1.49. The summed E-state index contributed by atoms with van der Waals surface area (Å²) in [5.41, 5.74) is 0.923. The van der Waals surface area contributed by atoms with E-state index in [-0.39, 0.29) is 17.1 Å². The fourth-order valence-corrected chi connectivity index (χ4v) is 2.90. The standard InChI is InChI=1S/C16H15ClFNO2S/c1-19(12-14-15(17)8-5-9-16(14)18)22(20,21)11-10-13-6-3-2-4-7-13/h2-11H,12H2,1H3/b11-10+. The third-order valence-electron chi connectivity index (χ3n) is 3.11. The number of benzene rings is 2. The highest BCUT2D eigenvalue weighted by atomic mass is 35.5. The van der Waals surface area contributed by atoms with Crippen LogP contribution in [0.2, 0.25) is 5.02 Å². The Morgan fingerprint density at radius 3 is 2.45 bits per heavy atom. The number of nitrogens with zero attached hydrogens (tertiary/aromatic N) is 1. The molecule has 0 saturated heterocycles. The molecule has 0 saturated carbocycles. The van der Waals surface area contributed by atoms with Gasteiger partial charge in [-0.2, -0.15) is 4.31 Å². The molecule has 0 unspecified atom stereocenters. The molecular weight excluding hydrogens is 325 g/mol. The zero-order valence-electron chi connectivity index (χ0n) is 11.9. The second kappa shape index (κ2) is 7.05. The lowest BCUT2D eigenvalue weighted by atomic mass is 10.2. The SMILES string of the molecule is CN(Cc1c(F)cccc1Cl)S(=O)(=O)/C=C/c1ccccc1. The molecule has 116 valence electrons.